The number of amides is 2. The van der Waals surface area contributed by atoms with Gasteiger partial charge in [0.2, 0.25) is 0 Å². The maximum Gasteiger partial charge on any atom is 0.408 e. The van der Waals surface area contributed by atoms with Gasteiger partial charge in [0.15, 0.2) is 5.54 Å². The van der Waals surface area contributed by atoms with E-state index in [9.17, 15) is 19.6 Å². The van der Waals surface area contributed by atoms with Crippen molar-refractivity contribution in [2.75, 3.05) is 6.61 Å². The number of carbonyl (C=O) groups excluding carboxylic acids is 3. The number of allylic oxidation sites excluding steroid dienone is 1. The standard InChI is InChI=1S/C20H21N3O5/c1-3-27-17(24)16-10-9-15-14(11-21)20(2,18(25)23(15)16)22-19(26)28-12-13-7-5-4-6-8-13/h4-8,16H,3,9-10,12H2,1-2H3,(H,22,26)/t16-,20?/m0/s1. The van der Waals surface area contributed by atoms with Crippen LogP contribution in [0.15, 0.2) is 41.6 Å². The van der Waals surface area contributed by atoms with E-state index in [1.54, 1.807) is 19.1 Å². The number of ether oxygens (including phenoxy) is 2. The number of nitriles is 1. The topological polar surface area (TPSA) is 109 Å². The first kappa shape index (κ1) is 19.4. The first-order valence-electron chi connectivity index (χ1n) is 9.05. The van der Waals surface area contributed by atoms with Gasteiger partial charge in [-0.1, -0.05) is 30.3 Å². The molecule has 2 aliphatic rings. The third kappa shape index (κ3) is 3.31. The maximum absolute atomic E-state index is 13.1. The summed E-state index contributed by atoms with van der Waals surface area (Å²) in [6.07, 6.45) is -0.0458. The highest BCUT2D eigenvalue weighted by molar-refractivity contribution is 6.01. The van der Waals surface area contributed by atoms with E-state index in [-0.39, 0.29) is 18.8 Å². The van der Waals surface area contributed by atoms with Gasteiger partial charge in [-0.15, -0.1) is 0 Å². The fourth-order valence-electron chi connectivity index (χ4n) is 3.57. The molecule has 3 rings (SSSR count). The molecule has 1 N–H and O–H groups in total. The summed E-state index contributed by atoms with van der Waals surface area (Å²) in [6, 6.07) is 10.3. The molecule has 1 aromatic carbocycles. The van der Waals surface area contributed by atoms with Crippen LogP contribution in [0.1, 0.15) is 32.3 Å². The third-order valence-corrected chi connectivity index (χ3v) is 4.93. The quantitative estimate of drug-likeness (QED) is 0.779. The van der Waals surface area contributed by atoms with E-state index >= 15 is 0 Å². The van der Waals surface area contributed by atoms with E-state index < -0.39 is 29.6 Å². The average molecular weight is 383 g/mol. The van der Waals surface area contributed by atoms with Gasteiger partial charge in [0, 0.05) is 5.70 Å². The number of fused-ring (bicyclic) bond motifs is 1. The number of esters is 1. The zero-order valence-electron chi connectivity index (χ0n) is 15.7. The summed E-state index contributed by atoms with van der Waals surface area (Å²) in [5, 5.41) is 12.1. The molecule has 1 unspecified atom stereocenters. The first-order chi connectivity index (χ1) is 13.4. The van der Waals surface area contributed by atoms with E-state index in [2.05, 4.69) is 5.32 Å². The molecule has 2 heterocycles. The van der Waals surface area contributed by atoms with Crippen LogP contribution >= 0.6 is 0 Å². The Labute approximate surface area is 162 Å². The second-order valence-corrected chi connectivity index (χ2v) is 6.73. The smallest absolute Gasteiger partial charge is 0.408 e. The lowest BCUT2D eigenvalue weighted by Gasteiger charge is -2.27. The summed E-state index contributed by atoms with van der Waals surface area (Å²) in [5.74, 6) is -1.05. The zero-order chi connectivity index (χ0) is 20.3. The molecule has 8 heteroatoms. The minimum absolute atomic E-state index is 0.0323. The van der Waals surface area contributed by atoms with E-state index in [0.717, 1.165) is 5.56 Å². The molecule has 28 heavy (non-hydrogen) atoms. The molecule has 0 spiro atoms. The number of hydrogen-bond donors (Lipinski definition) is 1. The van der Waals surface area contributed by atoms with Gasteiger partial charge in [0.25, 0.3) is 5.91 Å². The lowest BCUT2D eigenvalue weighted by atomic mass is 9.92. The summed E-state index contributed by atoms with van der Waals surface area (Å²) in [5.41, 5.74) is -0.206. The largest absolute Gasteiger partial charge is 0.464 e. The van der Waals surface area contributed by atoms with Crippen LogP contribution < -0.4 is 5.32 Å². The van der Waals surface area contributed by atoms with E-state index in [1.165, 1.54) is 11.8 Å². The van der Waals surface area contributed by atoms with Gasteiger partial charge in [0.1, 0.15) is 12.6 Å². The summed E-state index contributed by atoms with van der Waals surface area (Å²) in [6.45, 7) is 3.36. The Bertz CT molecular complexity index is 874. The highest BCUT2D eigenvalue weighted by Crippen LogP contribution is 2.42. The van der Waals surface area contributed by atoms with Gasteiger partial charge in [-0.3, -0.25) is 9.69 Å². The van der Waals surface area contributed by atoms with Crippen molar-refractivity contribution in [1.82, 2.24) is 10.2 Å². The molecule has 0 radical (unpaired) electrons. The fourth-order valence-corrected chi connectivity index (χ4v) is 3.57. The van der Waals surface area contributed by atoms with Gasteiger partial charge >= 0.3 is 12.1 Å². The van der Waals surface area contributed by atoms with Crippen molar-refractivity contribution in [2.45, 2.75) is 44.9 Å². The molecular formula is C20H21N3O5. The Morgan fingerprint density at radius 1 is 1.32 bits per heavy atom. The van der Waals surface area contributed by atoms with Gasteiger partial charge < -0.3 is 14.8 Å². The van der Waals surface area contributed by atoms with Crippen LogP contribution in [0.4, 0.5) is 4.79 Å². The van der Waals surface area contributed by atoms with Crippen LogP contribution in [0.25, 0.3) is 0 Å². The van der Waals surface area contributed by atoms with Crippen molar-refractivity contribution in [3.63, 3.8) is 0 Å². The number of carbonyl (C=O) groups is 3. The lowest BCUT2D eigenvalue weighted by molar-refractivity contribution is -0.152. The predicted octanol–water partition coefficient (Wildman–Crippen LogP) is 2.02. The number of alkyl carbamates (subject to hydrolysis) is 1. The molecular weight excluding hydrogens is 362 g/mol. The average Bonchev–Trinajstić information content (AvgIpc) is 3.19. The SMILES string of the molecule is CCOC(=O)[C@@H]1CCC2=C(C#N)C(C)(NC(=O)OCc3ccccc3)C(=O)N21. The first-order valence-corrected chi connectivity index (χ1v) is 9.05. The van der Waals surface area contributed by atoms with Crippen molar-refractivity contribution < 1.29 is 23.9 Å². The summed E-state index contributed by atoms with van der Waals surface area (Å²) in [4.78, 5) is 38.8. The number of nitrogens with zero attached hydrogens (tertiary/aromatic N) is 2. The molecule has 0 bridgehead atoms. The molecule has 0 aromatic heterocycles. The van der Waals surface area contributed by atoms with Crippen LogP contribution in [0.5, 0.6) is 0 Å². The van der Waals surface area contributed by atoms with Gasteiger partial charge in [-0.05, 0) is 32.3 Å². The van der Waals surface area contributed by atoms with E-state index in [4.69, 9.17) is 9.47 Å². The van der Waals surface area contributed by atoms with Crippen LogP contribution in [0, 0.1) is 11.3 Å². The molecule has 146 valence electrons. The predicted molar refractivity (Wildman–Crippen MR) is 97.3 cm³/mol. The third-order valence-electron chi connectivity index (χ3n) is 4.93. The summed E-state index contributed by atoms with van der Waals surface area (Å²) < 4.78 is 10.2. The molecule has 1 saturated heterocycles. The highest BCUT2D eigenvalue weighted by atomic mass is 16.5. The number of benzene rings is 1. The maximum atomic E-state index is 13.1. The Hall–Kier alpha value is -3.34. The minimum Gasteiger partial charge on any atom is -0.464 e. The van der Waals surface area contributed by atoms with Crippen molar-refractivity contribution >= 4 is 18.0 Å². The molecule has 1 fully saturated rings. The van der Waals surface area contributed by atoms with Gasteiger partial charge in [0.05, 0.1) is 18.2 Å². The minimum atomic E-state index is -1.58. The van der Waals surface area contributed by atoms with E-state index in [0.29, 0.717) is 18.5 Å². The molecule has 0 aliphatic carbocycles. The molecule has 2 atom stereocenters. The molecule has 2 aliphatic heterocycles. The van der Waals surface area contributed by atoms with Crippen LogP contribution in [0.3, 0.4) is 0 Å². The highest BCUT2D eigenvalue weighted by Gasteiger charge is 2.56. The zero-order valence-corrected chi connectivity index (χ0v) is 15.7. The number of hydrogen-bond acceptors (Lipinski definition) is 6. The Balaban J connectivity index is 1.76. The Morgan fingerprint density at radius 2 is 2.04 bits per heavy atom. The second-order valence-electron chi connectivity index (χ2n) is 6.73. The monoisotopic (exact) mass is 383 g/mol. The van der Waals surface area contributed by atoms with Crippen molar-refractivity contribution in [1.29, 1.82) is 5.26 Å². The normalized spacial score (nSPS) is 23.2. The molecule has 1 aromatic rings. The summed E-state index contributed by atoms with van der Waals surface area (Å²) in [7, 11) is 0. The summed E-state index contributed by atoms with van der Waals surface area (Å²) >= 11 is 0. The fraction of sp³-hybridized carbons (Fsp3) is 0.400. The lowest BCUT2D eigenvalue weighted by Crippen LogP contribution is -2.56. The van der Waals surface area contributed by atoms with Crippen molar-refractivity contribution in [3.05, 3.63) is 47.2 Å². The van der Waals surface area contributed by atoms with Crippen molar-refractivity contribution in [2.24, 2.45) is 0 Å². The van der Waals surface area contributed by atoms with Gasteiger partial charge in [-0.2, -0.15) is 5.26 Å². The van der Waals surface area contributed by atoms with Crippen LogP contribution in [0.2, 0.25) is 0 Å². The Morgan fingerprint density at radius 3 is 2.68 bits per heavy atom. The number of rotatable bonds is 5. The molecule has 2 amide bonds. The number of nitrogens with one attached hydrogen (secondary N) is 1. The molecule has 8 nitrogen and oxygen atoms in total. The second kappa shape index (κ2) is 7.72. The Kier molecular flexibility index (Phi) is 5.36. The molecule has 0 saturated carbocycles. The van der Waals surface area contributed by atoms with Crippen LogP contribution in [-0.4, -0.2) is 41.1 Å². The van der Waals surface area contributed by atoms with Gasteiger partial charge in [-0.25, -0.2) is 9.59 Å². The van der Waals surface area contributed by atoms with Crippen LogP contribution in [-0.2, 0) is 25.7 Å². The van der Waals surface area contributed by atoms with E-state index in [1.807, 2.05) is 24.3 Å². The van der Waals surface area contributed by atoms with Crippen molar-refractivity contribution in [3.8, 4) is 6.07 Å².